The second-order valence-electron chi connectivity index (χ2n) is 3.49. The molecular formula is C10H14N2O4S2. The molecule has 1 rings (SSSR count). The van der Waals surface area contributed by atoms with Crippen LogP contribution >= 0.6 is 11.8 Å². The van der Waals surface area contributed by atoms with Gasteiger partial charge in [0, 0.05) is 11.9 Å². The van der Waals surface area contributed by atoms with Gasteiger partial charge in [-0.25, -0.2) is 0 Å². The third kappa shape index (κ3) is 4.21. The molecule has 0 aliphatic heterocycles. The van der Waals surface area contributed by atoms with Crippen LogP contribution in [0.5, 0.6) is 0 Å². The molecule has 0 unspecified atom stereocenters. The van der Waals surface area contributed by atoms with E-state index in [4.69, 9.17) is 5.11 Å². The Morgan fingerprint density at radius 3 is 2.72 bits per heavy atom. The molecular weight excluding hydrogens is 276 g/mol. The number of benzene rings is 1. The first-order valence-corrected chi connectivity index (χ1v) is 7.61. The van der Waals surface area contributed by atoms with E-state index < -0.39 is 22.7 Å². The molecule has 0 saturated heterocycles. The van der Waals surface area contributed by atoms with E-state index in [0.29, 0.717) is 5.69 Å². The summed E-state index contributed by atoms with van der Waals surface area (Å²) >= 11 is 1.49. The van der Waals surface area contributed by atoms with E-state index in [-0.39, 0.29) is 0 Å². The summed E-state index contributed by atoms with van der Waals surface area (Å²) < 4.78 is 26.6. The Labute approximate surface area is 110 Å². The van der Waals surface area contributed by atoms with E-state index in [9.17, 15) is 13.2 Å². The molecule has 0 amide bonds. The molecule has 0 atom stereocenters. The molecule has 0 aliphatic carbocycles. The van der Waals surface area contributed by atoms with Crippen LogP contribution in [0.1, 0.15) is 0 Å². The Hall–Kier alpha value is -1.25. The van der Waals surface area contributed by atoms with Gasteiger partial charge in [-0.15, -0.1) is 11.8 Å². The van der Waals surface area contributed by atoms with Crippen LogP contribution < -0.4 is 4.72 Å². The Balaban J connectivity index is 2.84. The van der Waals surface area contributed by atoms with Crippen molar-refractivity contribution in [1.29, 1.82) is 0 Å². The number of nitrogens with zero attached hydrogens (tertiary/aromatic N) is 1. The van der Waals surface area contributed by atoms with E-state index in [2.05, 4.69) is 4.72 Å². The average Bonchev–Trinajstić information content (AvgIpc) is 2.27. The van der Waals surface area contributed by atoms with Crippen LogP contribution in [0, 0.1) is 0 Å². The number of hydrogen-bond donors (Lipinski definition) is 2. The Morgan fingerprint density at radius 1 is 1.50 bits per heavy atom. The number of carbonyl (C=O) groups is 1. The molecule has 0 bridgehead atoms. The molecule has 6 nitrogen and oxygen atoms in total. The van der Waals surface area contributed by atoms with E-state index >= 15 is 0 Å². The number of carboxylic acids is 1. The van der Waals surface area contributed by atoms with Crippen molar-refractivity contribution in [2.45, 2.75) is 4.90 Å². The average molecular weight is 290 g/mol. The quantitative estimate of drug-likeness (QED) is 0.766. The van der Waals surface area contributed by atoms with Gasteiger partial charge in [0.15, 0.2) is 0 Å². The van der Waals surface area contributed by atoms with Crippen molar-refractivity contribution in [3.63, 3.8) is 0 Å². The lowest BCUT2D eigenvalue weighted by Crippen LogP contribution is -2.36. The largest absolute Gasteiger partial charge is 0.480 e. The lowest BCUT2D eigenvalue weighted by molar-refractivity contribution is -0.137. The number of aliphatic carboxylic acids is 1. The zero-order valence-corrected chi connectivity index (χ0v) is 11.6. The maximum Gasteiger partial charge on any atom is 0.318 e. The van der Waals surface area contributed by atoms with Crippen LogP contribution in [0.15, 0.2) is 29.2 Å². The first-order valence-electron chi connectivity index (χ1n) is 4.95. The number of hydrogen-bond acceptors (Lipinski definition) is 4. The van der Waals surface area contributed by atoms with Crippen LogP contribution in [0.25, 0.3) is 0 Å². The van der Waals surface area contributed by atoms with Crippen molar-refractivity contribution in [2.75, 3.05) is 24.6 Å². The first kappa shape index (κ1) is 14.8. The van der Waals surface area contributed by atoms with Crippen LogP contribution in [-0.2, 0) is 15.0 Å². The number of rotatable bonds is 6. The second-order valence-corrected chi connectivity index (χ2v) is 6.15. The van der Waals surface area contributed by atoms with Gasteiger partial charge in [-0.3, -0.25) is 9.52 Å². The molecule has 0 radical (unpaired) electrons. The van der Waals surface area contributed by atoms with E-state index in [1.54, 1.807) is 18.2 Å². The molecule has 100 valence electrons. The first-order chi connectivity index (χ1) is 8.35. The van der Waals surface area contributed by atoms with Crippen LogP contribution in [0.4, 0.5) is 5.69 Å². The van der Waals surface area contributed by atoms with Crippen molar-refractivity contribution >= 4 is 33.6 Å². The predicted molar refractivity (Wildman–Crippen MR) is 71.0 cm³/mol. The lowest BCUT2D eigenvalue weighted by atomic mass is 10.3. The molecule has 0 spiro atoms. The number of carboxylic acid groups (broad SMARTS) is 1. The van der Waals surface area contributed by atoms with E-state index in [1.165, 1.54) is 18.8 Å². The summed E-state index contributed by atoms with van der Waals surface area (Å²) in [5.74, 6) is -1.21. The topological polar surface area (TPSA) is 86.7 Å². The summed E-state index contributed by atoms with van der Waals surface area (Å²) in [6.07, 6.45) is 1.88. The normalized spacial score (nSPS) is 11.5. The van der Waals surface area contributed by atoms with Crippen molar-refractivity contribution in [1.82, 2.24) is 4.31 Å². The molecule has 0 heterocycles. The maximum atomic E-state index is 11.8. The highest BCUT2D eigenvalue weighted by molar-refractivity contribution is 7.98. The molecule has 18 heavy (non-hydrogen) atoms. The molecule has 0 fully saturated rings. The lowest BCUT2D eigenvalue weighted by Gasteiger charge is -2.16. The summed E-state index contributed by atoms with van der Waals surface area (Å²) in [6, 6.07) is 6.85. The smallest absolute Gasteiger partial charge is 0.318 e. The molecule has 1 aromatic carbocycles. The molecule has 1 aromatic rings. The number of thioether (sulfide) groups is 1. The van der Waals surface area contributed by atoms with Gasteiger partial charge in [0.25, 0.3) is 0 Å². The fourth-order valence-corrected chi connectivity index (χ4v) is 2.51. The van der Waals surface area contributed by atoms with Crippen LogP contribution in [0.2, 0.25) is 0 Å². The standard InChI is InChI=1S/C10H14N2O4S2/c1-12(7-10(13)14)18(15,16)11-8-4-3-5-9(6-8)17-2/h3-6,11H,7H2,1-2H3,(H,13,14). The zero-order chi connectivity index (χ0) is 13.8. The van der Waals surface area contributed by atoms with Gasteiger partial charge in [-0.2, -0.15) is 12.7 Å². The van der Waals surface area contributed by atoms with E-state index in [0.717, 1.165) is 9.20 Å². The molecule has 0 aromatic heterocycles. The molecule has 2 N–H and O–H groups in total. The fourth-order valence-electron chi connectivity index (χ4n) is 1.19. The summed E-state index contributed by atoms with van der Waals surface area (Å²) in [5.41, 5.74) is 0.402. The van der Waals surface area contributed by atoms with Gasteiger partial charge in [0.05, 0.1) is 5.69 Å². The predicted octanol–water partition coefficient (Wildman–Crippen LogP) is 1.08. The Bertz CT molecular complexity index is 530. The number of nitrogens with one attached hydrogen (secondary N) is 1. The number of likely N-dealkylation sites (N-methyl/N-ethyl adjacent to an activating group) is 1. The van der Waals surface area contributed by atoms with E-state index in [1.807, 2.05) is 12.3 Å². The van der Waals surface area contributed by atoms with Crippen LogP contribution in [0.3, 0.4) is 0 Å². The highest BCUT2D eigenvalue weighted by Crippen LogP contribution is 2.20. The number of anilines is 1. The van der Waals surface area contributed by atoms with Crippen molar-refractivity contribution < 1.29 is 18.3 Å². The van der Waals surface area contributed by atoms with Crippen LogP contribution in [-0.4, -0.2) is 43.6 Å². The van der Waals surface area contributed by atoms with Gasteiger partial charge in [-0.05, 0) is 24.5 Å². The molecule has 8 heteroatoms. The molecule has 0 saturated carbocycles. The molecule has 0 aliphatic rings. The summed E-state index contributed by atoms with van der Waals surface area (Å²) in [6.45, 7) is -0.586. The SMILES string of the molecule is CSc1cccc(NS(=O)(=O)N(C)CC(=O)O)c1. The van der Waals surface area contributed by atoms with Gasteiger partial charge < -0.3 is 5.11 Å². The monoisotopic (exact) mass is 290 g/mol. The van der Waals surface area contributed by atoms with Gasteiger partial charge in [-0.1, -0.05) is 6.07 Å². The maximum absolute atomic E-state index is 11.8. The highest BCUT2D eigenvalue weighted by Gasteiger charge is 2.19. The fraction of sp³-hybridized carbons (Fsp3) is 0.300. The zero-order valence-electron chi connectivity index (χ0n) is 9.95. The third-order valence-corrected chi connectivity index (χ3v) is 4.25. The minimum absolute atomic E-state index is 0.402. The summed E-state index contributed by atoms with van der Waals surface area (Å²) in [5, 5.41) is 8.56. The van der Waals surface area contributed by atoms with Crippen molar-refractivity contribution in [3.05, 3.63) is 24.3 Å². The van der Waals surface area contributed by atoms with Crippen molar-refractivity contribution in [3.8, 4) is 0 Å². The summed E-state index contributed by atoms with van der Waals surface area (Å²) in [4.78, 5) is 11.4. The summed E-state index contributed by atoms with van der Waals surface area (Å²) in [7, 11) is -2.64. The van der Waals surface area contributed by atoms with Gasteiger partial charge >= 0.3 is 16.2 Å². The highest BCUT2D eigenvalue weighted by atomic mass is 32.2. The third-order valence-electron chi connectivity index (χ3n) is 2.08. The van der Waals surface area contributed by atoms with Crippen molar-refractivity contribution in [2.24, 2.45) is 0 Å². The Kier molecular flexibility index (Phi) is 5.00. The Morgan fingerprint density at radius 2 is 2.17 bits per heavy atom. The minimum atomic E-state index is -3.84. The second kappa shape index (κ2) is 6.07. The van der Waals surface area contributed by atoms with Gasteiger partial charge in [0.2, 0.25) is 0 Å². The minimum Gasteiger partial charge on any atom is -0.480 e. The van der Waals surface area contributed by atoms with Gasteiger partial charge in [0.1, 0.15) is 6.54 Å².